The first kappa shape index (κ1) is 16.1. The van der Waals surface area contributed by atoms with E-state index in [-0.39, 0.29) is 17.8 Å². The molecule has 4 heteroatoms. The highest BCUT2D eigenvalue weighted by molar-refractivity contribution is 5.85. The third-order valence-electron chi connectivity index (χ3n) is 5.96. The van der Waals surface area contributed by atoms with Gasteiger partial charge in [-0.3, -0.25) is 4.79 Å². The van der Waals surface area contributed by atoms with E-state index in [9.17, 15) is 4.79 Å². The van der Waals surface area contributed by atoms with Crippen molar-refractivity contribution in [1.82, 2.24) is 10.6 Å². The van der Waals surface area contributed by atoms with Gasteiger partial charge in [-0.1, -0.05) is 25.7 Å². The van der Waals surface area contributed by atoms with Crippen LogP contribution in [0.25, 0.3) is 0 Å². The smallest absolute Gasteiger partial charge is 0.228 e. The summed E-state index contributed by atoms with van der Waals surface area (Å²) in [6, 6.07) is 0.368. The molecule has 0 radical (unpaired) electrons. The maximum absolute atomic E-state index is 12.8. The number of hydrogen-bond acceptors (Lipinski definition) is 2. The minimum atomic E-state index is -0.0783. The first-order chi connectivity index (χ1) is 9.22. The van der Waals surface area contributed by atoms with E-state index in [1.807, 2.05) is 0 Å². The maximum Gasteiger partial charge on any atom is 0.228 e. The first-order valence-electron chi connectivity index (χ1n) is 8.24. The third kappa shape index (κ3) is 2.85. The molecule has 3 nitrogen and oxygen atoms in total. The number of halogens is 1. The molecule has 0 bridgehead atoms. The fourth-order valence-electron chi connectivity index (χ4n) is 4.62. The zero-order valence-corrected chi connectivity index (χ0v) is 13.4. The number of carbonyl (C=O) groups excluding carboxylic acids is 1. The van der Waals surface area contributed by atoms with Crippen LogP contribution in [0.15, 0.2) is 0 Å². The van der Waals surface area contributed by atoms with Gasteiger partial charge in [0, 0.05) is 12.6 Å². The zero-order chi connectivity index (χ0) is 13.3. The Hall–Kier alpha value is -0.280. The van der Waals surface area contributed by atoms with E-state index >= 15 is 0 Å². The zero-order valence-electron chi connectivity index (χ0n) is 12.6. The number of carbonyl (C=O) groups is 1. The quantitative estimate of drug-likeness (QED) is 0.841. The Morgan fingerprint density at radius 1 is 1.20 bits per heavy atom. The predicted octanol–water partition coefficient (Wildman–Crippen LogP) is 2.88. The van der Waals surface area contributed by atoms with E-state index in [0.717, 1.165) is 25.4 Å². The van der Waals surface area contributed by atoms with Crippen LogP contribution in [0.4, 0.5) is 0 Å². The van der Waals surface area contributed by atoms with Crippen molar-refractivity contribution in [1.29, 1.82) is 0 Å². The van der Waals surface area contributed by atoms with E-state index in [4.69, 9.17) is 0 Å². The summed E-state index contributed by atoms with van der Waals surface area (Å²) in [4.78, 5) is 12.8. The monoisotopic (exact) mass is 300 g/mol. The van der Waals surface area contributed by atoms with Gasteiger partial charge in [0.2, 0.25) is 5.91 Å². The van der Waals surface area contributed by atoms with Crippen LogP contribution in [0.1, 0.15) is 58.3 Å². The van der Waals surface area contributed by atoms with Gasteiger partial charge in [-0.15, -0.1) is 12.4 Å². The highest BCUT2D eigenvalue weighted by Crippen LogP contribution is 2.44. The maximum atomic E-state index is 12.8. The second-order valence-electron chi connectivity index (χ2n) is 7.04. The largest absolute Gasteiger partial charge is 0.353 e. The Kier molecular flexibility index (Phi) is 5.36. The predicted molar refractivity (Wildman–Crippen MR) is 84.1 cm³/mol. The molecule has 1 heterocycles. The molecule has 3 fully saturated rings. The van der Waals surface area contributed by atoms with Crippen LogP contribution in [0.2, 0.25) is 0 Å². The summed E-state index contributed by atoms with van der Waals surface area (Å²) in [5.41, 5.74) is -0.0783. The SMILES string of the molecule is CC(NC(=O)[C@@]12CCCC[C@H]1CNC2)C1CCCC1.Cl. The molecule has 3 rings (SSSR count). The van der Waals surface area contributed by atoms with E-state index in [0.29, 0.717) is 17.9 Å². The lowest BCUT2D eigenvalue weighted by atomic mass is 9.67. The molecule has 2 saturated carbocycles. The van der Waals surface area contributed by atoms with Crippen LogP contribution in [0.5, 0.6) is 0 Å². The molecule has 0 aromatic rings. The molecule has 3 aliphatic rings. The molecule has 0 aromatic heterocycles. The number of rotatable bonds is 3. The molecule has 1 aliphatic heterocycles. The van der Waals surface area contributed by atoms with Gasteiger partial charge in [-0.25, -0.2) is 0 Å². The highest BCUT2D eigenvalue weighted by atomic mass is 35.5. The number of hydrogen-bond donors (Lipinski definition) is 2. The third-order valence-corrected chi connectivity index (χ3v) is 5.96. The van der Waals surface area contributed by atoms with Gasteiger partial charge in [0.25, 0.3) is 0 Å². The Morgan fingerprint density at radius 3 is 2.65 bits per heavy atom. The molecular formula is C16H29ClN2O. The van der Waals surface area contributed by atoms with Crippen LogP contribution < -0.4 is 10.6 Å². The summed E-state index contributed by atoms with van der Waals surface area (Å²) in [6.45, 7) is 4.16. The molecule has 1 saturated heterocycles. The fraction of sp³-hybridized carbons (Fsp3) is 0.938. The Balaban J connectivity index is 0.00000147. The summed E-state index contributed by atoms with van der Waals surface area (Å²) in [5.74, 6) is 1.65. The second kappa shape index (κ2) is 6.65. The van der Waals surface area contributed by atoms with Crippen LogP contribution in [-0.2, 0) is 4.79 Å². The number of nitrogens with one attached hydrogen (secondary N) is 2. The Labute approximate surface area is 129 Å². The normalized spacial score (nSPS) is 35.1. The lowest BCUT2D eigenvalue weighted by molar-refractivity contribution is -0.135. The standard InChI is InChI=1S/C16H28N2O.ClH/c1-12(13-6-2-3-7-13)18-15(19)16-9-5-4-8-14(16)10-17-11-16;/h12-14,17H,2-11H2,1H3,(H,18,19);1H/t12?,14-,16+;/m0./s1. The van der Waals surface area contributed by atoms with Crippen LogP contribution in [0.3, 0.4) is 0 Å². The molecule has 3 atom stereocenters. The Bertz CT molecular complexity index is 343. The summed E-state index contributed by atoms with van der Waals surface area (Å²) in [7, 11) is 0. The fourth-order valence-corrected chi connectivity index (χ4v) is 4.62. The van der Waals surface area contributed by atoms with Crippen molar-refractivity contribution >= 4 is 18.3 Å². The minimum Gasteiger partial charge on any atom is -0.353 e. The summed E-state index contributed by atoms with van der Waals surface area (Å²) < 4.78 is 0. The van der Waals surface area contributed by atoms with Crippen LogP contribution in [0, 0.1) is 17.3 Å². The van der Waals surface area contributed by atoms with E-state index in [2.05, 4.69) is 17.6 Å². The molecular weight excluding hydrogens is 272 g/mol. The molecule has 0 spiro atoms. The molecule has 20 heavy (non-hydrogen) atoms. The van der Waals surface area contributed by atoms with Gasteiger partial charge in [0.15, 0.2) is 0 Å². The Morgan fingerprint density at radius 2 is 1.90 bits per heavy atom. The van der Waals surface area contributed by atoms with E-state index in [1.54, 1.807) is 0 Å². The molecule has 0 aromatic carbocycles. The second-order valence-corrected chi connectivity index (χ2v) is 7.04. The summed E-state index contributed by atoms with van der Waals surface area (Å²) in [5, 5.41) is 6.84. The van der Waals surface area contributed by atoms with Crippen molar-refractivity contribution in [2.45, 2.75) is 64.3 Å². The topological polar surface area (TPSA) is 41.1 Å². The lowest BCUT2D eigenvalue weighted by Crippen LogP contribution is -2.51. The van der Waals surface area contributed by atoms with Crippen LogP contribution >= 0.6 is 12.4 Å². The van der Waals surface area contributed by atoms with Gasteiger partial charge < -0.3 is 10.6 Å². The van der Waals surface area contributed by atoms with Crippen molar-refractivity contribution in [3.05, 3.63) is 0 Å². The molecule has 1 amide bonds. The summed E-state index contributed by atoms with van der Waals surface area (Å²) in [6.07, 6.45) is 10.2. The molecule has 116 valence electrons. The molecule has 2 aliphatic carbocycles. The van der Waals surface area contributed by atoms with Crippen molar-refractivity contribution in [2.75, 3.05) is 13.1 Å². The average Bonchev–Trinajstić information content (AvgIpc) is 3.08. The number of fused-ring (bicyclic) bond motifs is 1. The molecule has 1 unspecified atom stereocenters. The van der Waals surface area contributed by atoms with Crippen molar-refractivity contribution in [3.8, 4) is 0 Å². The van der Waals surface area contributed by atoms with Crippen LogP contribution in [-0.4, -0.2) is 25.0 Å². The van der Waals surface area contributed by atoms with Gasteiger partial charge in [0.1, 0.15) is 0 Å². The van der Waals surface area contributed by atoms with Gasteiger partial charge in [0.05, 0.1) is 5.41 Å². The van der Waals surface area contributed by atoms with E-state index in [1.165, 1.54) is 44.9 Å². The van der Waals surface area contributed by atoms with E-state index < -0.39 is 0 Å². The number of amides is 1. The van der Waals surface area contributed by atoms with Crippen molar-refractivity contribution < 1.29 is 4.79 Å². The first-order valence-corrected chi connectivity index (χ1v) is 8.24. The minimum absolute atomic E-state index is 0. The van der Waals surface area contributed by atoms with Gasteiger partial charge in [-0.2, -0.15) is 0 Å². The lowest BCUT2D eigenvalue weighted by Gasteiger charge is -2.38. The van der Waals surface area contributed by atoms with Crippen molar-refractivity contribution in [3.63, 3.8) is 0 Å². The summed E-state index contributed by atoms with van der Waals surface area (Å²) >= 11 is 0. The van der Waals surface area contributed by atoms with Gasteiger partial charge in [-0.05, 0) is 51.0 Å². The average molecular weight is 301 g/mol. The van der Waals surface area contributed by atoms with Crippen molar-refractivity contribution in [2.24, 2.45) is 17.3 Å². The highest BCUT2D eigenvalue weighted by Gasteiger charge is 2.50. The van der Waals surface area contributed by atoms with Gasteiger partial charge >= 0.3 is 0 Å². The molecule has 2 N–H and O–H groups in total.